The number of benzene rings is 2. The molecule has 3 heterocycles. The standard InChI is InChI=1S/C28H33N3O4/c1-28(2,3)22-9-6-20(7-10-22)15-30(16-21-8-11-24-25(14-21)35-19-34-24)17-26-29-23(18-33-26)27(32)31-12-4-5-13-31/h6-11,14,18H,4-5,12-13,15-17,19H2,1-3H3. The van der Waals surface area contributed by atoms with Crippen LogP contribution < -0.4 is 9.47 Å². The molecule has 0 unspecified atom stereocenters. The van der Waals surface area contributed by atoms with Crippen molar-refractivity contribution in [3.63, 3.8) is 0 Å². The summed E-state index contributed by atoms with van der Waals surface area (Å²) in [6, 6.07) is 14.8. The predicted molar refractivity (Wildman–Crippen MR) is 132 cm³/mol. The number of fused-ring (bicyclic) bond motifs is 1. The van der Waals surface area contributed by atoms with Crippen molar-refractivity contribution in [3.8, 4) is 11.5 Å². The number of aromatic nitrogens is 1. The monoisotopic (exact) mass is 475 g/mol. The number of nitrogens with zero attached hydrogens (tertiary/aromatic N) is 3. The van der Waals surface area contributed by atoms with Gasteiger partial charge in [0.1, 0.15) is 6.26 Å². The van der Waals surface area contributed by atoms with Crippen LogP contribution in [0.15, 0.2) is 53.1 Å². The lowest BCUT2D eigenvalue weighted by Gasteiger charge is -2.23. The third kappa shape index (κ3) is 5.51. The molecule has 1 saturated heterocycles. The number of oxazole rings is 1. The number of hydrogen-bond acceptors (Lipinski definition) is 6. The summed E-state index contributed by atoms with van der Waals surface area (Å²) in [5.74, 6) is 2.04. The van der Waals surface area contributed by atoms with Gasteiger partial charge in [-0.3, -0.25) is 9.69 Å². The Balaban J connectivity index is 1.34. The van der Waals surface area contributed by atoms with E-state index in [1.165, 1.54) is 17.4 Å². The highest BCUT2D eigenvalue weighted by atomic mass is 16.7. The minimum absolute atomic E-state index is 0.0439. The third-order valence-electron chi connectivity index (χ3n) is 6.59. The van der Waals surface area contributed by atoms with Crippen molar-refractivity contribution in [1.29, 1.82) is 0 Å². The summed E-state index contributed by atoms with van der Waals surface area (Å²) < 4.78 is 16.8. The van der Waals surface area contributed by atoms with Gasteiger partial charge in [-0.05, 0) is 47.1 Å². The number of carbonyl (C=O) groups is 1. The number of ether oxygens (including phenoxy) is 2. The normalized spacial score (nSPS) is 15.3. The van der Waals surface area contributed by atoms with E-state index in [9.17, 15) is 4.79 Å². The van der Waals surface area contributed by atoms with Gasteiger partial charge < -0.3 is 18.8 Å². The zero-order valence-electron chi connectivity index (χ0n) is 20.8. The van der Waals surface area contributed by atoms with Gasteiger partial charge in [-0.25, -0.2) is 4.98 Å². The van der Waals surface area contributed by atoms with Crippen molar-refractivity contribution in [3.05, 3.63) is 77.0 Å². The average molecular weight is 476 g/mol. The van der Waals surface area contributed by atoms with Gasteiger partial charge in [-0.15, -0.1) is 0 Å². The first kappa shape index (κ1) is 23.4. The second kappa shape index (κ2) is 9.74. The third-order valence-corrected chi connectivity index (χ3v) is 6.59. The molecule has 1 aromatic heterocycles. The van der Waals surface area contributed by atoms with Crippen LogP contribution in [0.2, 0.25) is 0 Å². The molecule has 0 atom stereocenters. The Morgan fingerprint density at radius 2 is 1.63 bits per heavy atom. The van der Waals surface area contributed by atoms with Crippen LogP contribution in [0.1, 0.15) is 66.7 Å². The Morgan fingerprint density at radius 3 is 2.37 bits per heavy atom. The van der Waals surface area contributed by atoms with Gasteiger partial charge in [0.15, 0.2) is 17.2 Å². The molecule has 1 amide bonds. The van der Waals surface area contributed by atoms with Gasteiger partial charge in [0.2, 0.25) is 12.7 Å². The number of hydrogen-bond donors (Lipinski definition) is 0. The highest BCUT2D eigenvalue weighted by Crippen LogP contribution is 2.33. The minimum atomic E-state index is -0.0439. The van der Waals surface area contributed by atoms with E-state index in [4.69, 9.17) is 13.9 Å². The molecule has 2 aliphatic heterocycles. The first-order chi connectivity index (χ1) is 16.8. The number of likely N-dealkylation sites (tertiary alicyclic amines) is 1. The molecule has 5 rings (SSSR count). The van der Waals surface area contributed by atoms with E-state index in [2.05, 4.69) is 61.0 Å². The Bertz CT molecular complexity index is 1170. The van der Waals surface area contributed by atoms with Crippen molar-refractivity contribution in [2.24, 2.45) is 0 Å². The fourth-order valence-electron chi connectivity index (χ4n) is 4.59. The number of amides is 1. The van der Waals surface area contributed by atoms with E-state index in [0.717, 1.165) is 49.5 Å². The van der Waals surface area contributed by atoms with Gasteiger partial charge >= 0.3 is 0 Å². The maximum atomic E-state index is 12.7. The van der Waals surface area contributed by atoms with E-state index in [1.807, 2.05) is 17.0 Å². The second-order valence-electron chi connectivity index (χ2n) is 10.4. The fourth-order valence-corrected chi connectivity index (χ4v) is 4.59. The van der Waals surface area contributed by atoms with E-state index in [-0.39, 0.29) is 18.1 Å². The molecule has 0 bridgehead atoms. The zero-order chi connectivity index (χ0) is 24.4. The van der Waals surface area contributed by atoms with Gasteiger partial charge in [0, 0.05) is 26.2 Å². The van der Waals surface area contributed by atoms with Crippen LogP contribution in [0, 0.1) is 0 Å². The largest absolute Gasteiger partial charge is 0.454 e. The molecule has 0 radical (unpaired) electrons. The Kier molecular flexibility index (Phi) is 6.52. The van der Waals surface area contributed by atoms with E-state index in [1.54, 1.807) is 0 Å². The maximum Gasteiger partial charge on any atom is 0.275 e. The average Bonchev–Trinajstić information content (AvgIpc) is 3.60. The maximum absolute atomic E-state index is 12.7. The SMILES string of the molecule is CC(C)(C)c1ccc(CN(Cc2ccc3c(c2)OCO3)Cc2nc(C(=O)N3CCCC3)co2)cc1. The Labute approximate surface area is 206 Å². The fraction of sp³-hybridized carbons (Fsp3) is 0.429. The lowest BCUT2D eigenvalue weighted by molar-refractivity contribution is 0.0787. The molecule has 7 heteroatoms. The highest BCUT2D eigenvalue weighted by molar-refractivity contribution is 5.92. The zero-order valence-corrected chi connectivity index (χ0v) is 20.8. The number of rotatable bonds is 7. The first-order valence-electron chi connectivity index (χ1n) is 12.3. The smallest absolute Gasteiger partial charge is 0.275 e. The second-order valence-corrected chi connectivity index (χ2v) is 10.4. The van der Waals surface area contributed by atoms with Crippen molar-refractivity contribution in [1.82, 2.24) is 14.8 Å². The highest BCUT2D eigenvalue weighted by Gasteiger charge is 2.23. The van der Waals surface area contributed by atoms with Gasteiger partial charge in [0.25, 0.3) is 5.91 Å². The lowest BCUT2D eigenvalue weighted by atomic mass is 9.87. The molecule has 35 heavy (non-hydrogen) atoms. The van der Waals surface area contributed by atoms with Crippen LogP contribution in [0.5, 0.6) is 11.5 Å². The molecular weight excluding hydrogens is 442 g/mol. The molecule has 3 aromatic rings. The van der Waals surface area contributed by atoms with Crippen molar-refractivity contribution in [2.75, 3.05) is 19.9 Å². The molecule has 7 nitrogen and oxygen atoms in total. The van der Waals surface area contributed by atoms with Crippen LogP contribution in [-0.2, 0) is 25.0 Å². The van der Waals surface area contributed by atoms with Crippen LogP contribution in [0.25, 0.3) is 0 Å². The molecule has 0 spiro atoms. The van der Waals surface area contributed by atoms with Crippen LogP contribution in [0.3, 0.4) is 0 Å². The predicted octanol–water partition coefficient (Wildman–Crippen LogP) is 5.14. The Hall–Kier alpha value is -3.32. The molecule has 184 valence electrons. The summed E-state index contributed by atoms with van der Waals surface area (Å²) >= 11 is 0. The molecule has 2 aromatic carbocycles. The van der Waals surface area contributed by atoms with Crippen molar-refractivity contribution < 1.29 is 18.7 Å². The van der Waals surface area contributed by atoms with Gasteiger partial charge in [0.05, 0.1) is 6.54 Å². The summed E-state index contributed by atoms with van der Waals surface area (Å²) in [6.45, 7) is 10.4. The minimum Gasteiger partial charge on any atom is -0.454 e. The molecular formula is C28H33N3O4. The van der Waals surface area contributed by atoms with E-state index < -0.39 is 0 Å². The molecule has 0 saturated carbocycles. The molecule has 1 fully saturated rings. The first-order valence-corrected chi connectivity index (χ1v) is 12.3. The van der Waals surface area contributed by atoms with E-state index in [0.29, 0.717) is 24.7 Å². The van der Waals surface area contributed by atoms with Crippen molar-refractivity contribution in [2.45, 2.75) is 58.7 Å². The summed E-state index contributed by atoms with van der Waals surface area (Å²) in [5.41, 5.74) is 4.13. The van der Waals surface area contributed by atoms with Crippen molar-refractivity contribution >= 4 is 5.91 Å². The summed E-state index contributed by atoms with van der Waals surface area (Å²) in [4.78, 5) is 21.4. The topological polar surface area (TPSA) is 68.0 Å². The Morgan fingerprint density at radius 1 is 0.943 bits per heavy atom. The lowest BCUT2D eigenvalue weighted by Crippen LogP contribution is -2.28. The summed E-state index contributed by atoms with van der Waals surface area (Å²) in [5, 5.41) is 0. The number of carbonyl (C=O) groups excluding carboxylic acids is 1. The quantitative estimate of drug-likeness (QED) is 0.471. The molecule has 0 aliphatic carbocycles. The van der Waals surface area contributed by atoms with Gasteiger partial charge in [-0.1, -0.05) is 51.1 Å². The van der Waals surface area contributed by atoms with Crippen LogP contribution in [0.4, 0.5) is 0 Å². The summed E-state index contributed by atoms with van der Waals surface area (Å²) in [6.07, 6.45) is 3.59. The van der Waals surface area contributed by atoms with Crippen LogP contribution in [-0.4, -0.2) is 40.6 Å². The van der Waals surface area contributed by atoms with Crippen LogP contribution >= 0.6 is 0 Å². The summed E-state index contributed by atoms with van der Waals surface area (Å²) in [7, 11) is 0. The van der Waals surface area contributed by atoms with Gasteiger partial charge in [-0.2, -0.15) is 0 Å². The molecule has 0 N–H and O–H groups in total. The van der Waals surface area contributed by atoms with E-state index >= 15 is 0 Å². The molecule has 2 aliphatic rings.